The van der Waals surface area contributed by atoms with Crippen LogP contribution in [0.4, 0.5) is 0 Å². The van der Waals surface area contributed by atoms with Gasteiger partial charge in [0.1, 0.15) is 5.75 Å². The highest BCUT2D eigenvalue weighted by Crippen LogP contribution is 2.25. The molecule has 0 saturated carbocycles. The molecule has 0 fully saturated rings. The van der Waals surface area contributed by atoms with Gasteiger partial charge in [-0.05, 0) is 44.0 Å². The summed E-state index contributed by atoms with van der Waals surface area (Å²) in [6.07, 6.45) is 1.72. The number of carbonyl (C=O) groups is 1. The number of benzene rings is 3. The number of nitrogens with zero attached hydrogens (tertiary/aromatic N) is 2. The second-order valence-electron chi connectivity index (χ2n) is 7.94. The van der Waals surface area contributed by atoms with Gasteiger partial charge in [0.15, 0.2) is 6.61 Å². The maximum atomic E-state index is 12.2. The van der Waals surface area contributed by atoms with Gasteiger partial charge in [-0.2, -0.15) is 5.10 Å². The smallest absolute Gasteiger partial charge is 0.277 e. The number of fused-ring (bicyclic) bond motifs is 1. The van der Waals surface area contributed by atoms with Gasteiger partial charge in [0.05, 0.1) is 6.21 Å². The third kappa shape index (κ3) is 4.72. The summed E-state index contributed by atoms with van der Waals surface area (Å²) in [6.45, 7) is 6.76. The van der Waals surface area contributed by atoms with Crippen LogP contribution in [-0.4, -0.2) is 23.3 Å². The lowest BCUT2D eigenvalue weighted by atomic mass is 10.1. The summed E-state index contributed by atoms with van der Waals surface area (Å²) in [5, 5.41) is 5.31. The van der Waals surface area contributed by atoms with E-state index in [2.05, 4.69) is 58.4 Å². The van der Waals surface area contributed by atoms with E-state index in [1.807, 2.05) is 50.2 Å². The molecule has 0 saturated heterocycles. The molecule has 0 radical (unpaired) electrons. The van der Waals surface area contributed by atoms with Crippen LogP contribution in [0.2, 0.25) is 0 Å². The van der Waals surface area contributed by atoms with Gasteiger partial charge in [-0.25, -0.2) is 5.43 Å². The summed E-state index contributed by atoms with van der Waals surface area (Å²) in [5.41, 5.74) is 9.20. The average Bonchev–Trinajstić information content (AvgIpc) is 3.05. The van der Waals surface area contributed by atoms with Crippen molar-refractivity contribution in [3.8, 4) is 5.75 Å². The summed E-state index contributed by atoms with van der Waals surface area (Å²) in [6, 6.07) is 24.5. The fourth-order valence-corrected chi connectivity index (χ4v) is 3.90. The van der Waals surface area contributed by atoms with Crippen LogP contribution < -0.4 is 10.2 Å². The zero-order valence-electron chi connectivity index (χ0n) is 18.6. The topological polar surface area (TPSA) is 55.6 Å². The maximum Gasteiger partial charge on any atom is 0.277 e. The van der Waals surface area contributed by atoms with Gasteiger partial charge < -0.3 is 9.30 Å². The molecule has 1 amide bonds. The molecule has 3 aromatic carbocycles. The molecule has 0 aliphatic rings. The average molecular weight is 426 g/mol. The van der Waals surface area contributed by atoms with Crippen LogP contribution in [0.15, 0.2) is 77.9 Å². The Morgan fingerprint density at radius 3 is 2.53 bits per heavy atom. The number of hydrogen-bond acceptors (Lipinski definition) is 3. The molecule has 4 aromatic rings. The second-order valence-corrected chi connectivity index (χ2v) is 7.94. The Hall–Kier alpha value is -3.86. The maximum absolute atomic E-state index is 12.2. The van der Waals surface area contributed by atoms with Gasteiger partial charge in [-0.15, -0.1) is 0 Å². The summed E-state index contributed by atoms with van der Waals surface area (Å²) in [5.74, 6) is 0.404. The van der Waals surface area contributed by atoms with Gasteiger partial charge in [0.25, 0.3) is 5.91 Å². The number of amides is 1. The van der Waals surface area contributed by atoms with E-state index < -0.39 is 0 Å². The molecule has 4 rings (SSSR count). The normalized spacial score (nSPS) is 11.2. The number of aryl methyl sites for hydroxylation is 2. The van der Waals surface area contributed by atoms with E-state index in [4.69, 9.17) is 4.74 Å². The Kier molecular flexibility index (Phi) is 6.36. The van der Waals surface area contributed by atoms with Crippen LogP contribution >= 0.6 is 0 Å². The number of hydrazone groups is 1. The molecule has 0 aliphatic carbocycles. The Balaban J connectivity index is 1.47. The summed E-state index contributed by atoms with van der Waals surface area (Å²) in [4.78, 5) is 12.2. The molecule has 0 spiro atoms. The highest BCUT2D eigenvalue weighted by atomic mass is 16.5. The van der Waals surface area contributed by atoms with Crippen molar-refractivity contribution < 1.29 is 9.53 Å². The Labute approximate surface area is 188 Å². The van der Waals surface area contributed by atoms with Crippen LogP contribution in [0.5, 0.6) is 5.75 Å². The second kappa shape index (κ2) is 9.52. The molecule has 0 bridgehead atoms. The van der Waals surface area contributed by atoms with Crippen molar-refractivity contribution >= 4 is 23.0 Å². The predicted molar refractivity (Wildman–Crippen MR) is 129 cm³/mol. The molecule has 1 N–H and O–H groups in total. The van der Waals surface area contributed by atoms with Gasteiger partial charge in [-0.3, -0.25) is 4.79 Å². The van der Waals surface area contributed by atoms with Gasteiger partial charge in [0.2, 0.25) is 0 Å². The Morgan fingerprint density at radius 1 is 1.00 bits per heavy atom. The van der Waals surface area contributed by atoms with Crippen molar-refractivity contribution in [1.29, 1.82) is 0 Å². The van der Waals surface area contributed by atoms with Gasteiger partial charge in [-0.1, -0.05) is 66.2 Å². The SMILES string of the molecule is Cc1ccc(OCC(=O)N/N=C\c2c(C)n(Cc3ccccc3)c3ccccc23)c(C)c1. The van der Waals surface area contributed by atoms with Gasteiger partial charge in [0, 0.05) is 28.7 Å². The number of carbonyl (C=O) groups excluding carboxylic acids is 1. The number of hydrogen-bond donors (Lipinski definition) is 1. The number of ether oxygens (including phenoxy) is 1. The van der Waals surface area contributed by atoms with E-state index in [1.165, 1.54) is 5.56 Å². The number of nitrogens with one attached hydrogen (secondary N) is 1. The summed E-state index contributed by atoms with van der Waals surface area (Å²) >= 11 is 0. The van der Waals surface area contributed by atoms with Crippen LogP contribution in [0.1, 0.15) is 27.9 Å². The third-order valence-electron chi connectivity index (χ3n) is 5.54. The molecule has 162 valence electrons. The van der Waals surface area contributed by atoms with Crippen molar-refractivity contribution in [1.82, 2.24) is 9.99 Å². The van der Waals surface area contributed by atoms with Crippen molar-refractivity contribution in [2.75, 3.05) is 6.61 Å². The van der Waals surface area contributed by atoms with Crippen LogP contribution in [0.3, 0.4) is 0 Å². The van der Waals surface area contributed by atoms with E-state index in [9.17, 15) is 4.79 Å². The minimum atomic E-state index is -0.299. The first-order valence-corrected chi connectivity index (χ1v) is 10.7. The zero-order chi connectivity index (χ0) is 22.5. The van der Waals surface area contributed by atoms with E-state index in [-0.39, 0.29) is 12.5 Å². The Bertz CT molecular complexity index is 1270. The monoisotopic (exact) mass is 425 g/mol. The number of para-hydroxylation sites is 1. The summed E-state index contributed by atoms with van der Waals surface area (Å²) in [7, 11) is 0. The van der Waals surface area contributed by atoms with Gasteiger partial charge >= 0.3 is 0 Å². The Morgan fingerprint density at radius 2 is 1.75 bits per heavy atom. The van der Waals surface area contributed by atoms with Crippen molar-refractivity contribution in [2.24, 2.45) is 5.10 Å². The lowest BCUT2D eigenvalue weighted by molar-refractivity contribution is -0.123. The molecule has 0 aliphatic heterocycles. The van der Waals surface area contributed by atoms with E-state index in [0.29, 0.717) is 5.75 Å². The molecule has 0 atom stereocenters. The molecule has 5 heteroatoms. The van der Waals surface area contributed by atoms with Crippen LogP contribution in [-0.2, 0) is 11.3 Å². The molecule has 32 heavy (non-hydrogen) atoms. The fourth-order valence-electron chi connectivity index (χ4n) is 3.90. The minimum absolute atomic E-state index is 0.0873. The third-order valence-corrected chi connectivity index (χ3v) is 5.54. The van der Waals surface area contributed by atoms with Crippen molar-refractivity contribution in [3.63, 3.8) is 0 Å². The first kappa shape index (κ1) is 21.4. The van der Waals surface area contributed by atoms with Crippen LogP contribution in [0, 0.1) is 20.8 Å². The predicted octanol–water partition coefficient (Wildman–Crippen LogP) is 5.14. The van der Waals surface area contributed by atoms with E-state index in [1.54, 1.807) is 6.21 Å². The fraction of sp³-hybridized carbons (Fsp3) is 0.185. The minimum Gasteiger partial charge on any atom is -0.483 e. The van der Waals surface area contributed by atoms with E-state index in [0.717, 1.165) is 39.8 Å². The van der Waals surface area contributed by atoms with Crippen molar-refractivity contribution in [2.45, 2.75) is 27.3 Å². The molecular formula is C27H27N3O2. The van der Waals surface area contributed by atoms with E-state index >= 15 is 0 Å². The number of rotatable bonds is 7. The number of aromatic nitrogens is 1. The molecule has 1 heterocycles. The molecule has 0 unspecified atom stereocenters. The zero-order valence-corrected chi connectivity index (χ0v) is 18.6. The molecule has 5 nitrogen and oxygen atoms in total. The largest absolute Gasteiger partial charge is 0.483 e. The highest BCUT2D eigenvalue weighted by Gasteiger charge is 2.13. The summed E-state index contributed by atoms with van der Waals surface area (Å²) < 4.78 is 7.91. The quantitative estimate of drug-likeness (QED) is 0.329. The standard InChI is InChI=1S/C27H27N3O2/c1-19-13-14-26(20(2)15-19)32-18-27(31)29-28-16-24-21(3)30(17-22-9-5-4-6-10-22)25-12-8-7-11-23(24)25/h4-16H,17-18H2,1-3H3,(H,29,31)/b28-16-. The first-order chi connectivity index (χ1) is 15.5. The lowest BCUT2D eigenvalue weighted by Gasteiger charge is -2.09. The van der Waals surface area contributed by atoms with Crippen LogP contribution in [0.25, 0.3) is 10.9 Å². The lowest BCUT2D eigenvalue weighted by Crippen LogP contribution is -2.24. The highest BCUT2D eigenvalue weighted by molar-refractivity contribution is 6.01. The first-order valence-electron chi connectivity index (χ1n) is 10.7. The molecule has 1 aromatic heterocycles. The van der Waals surface area contributed by atoms with Crippen molar-refractivity contribution in [3.05, 3.63) is 101 Å². The molecular weight excluding hydrogens is 398 g/mol.